The highest BCUT2D eigenvalue weighted by molar-refractivity contribution is 5.86. The van der Waals surface area contributed by atoms with Gasteiger partial charge in [-0.2, -0.15) is 0 Å². The highest BCUT2D eigenvalue weighted by Crippen LogP contribution is 2.28. The Morgan fingerprint density at radius 2 is 2.10 bits per heavy atom. The Labute approximate surface area is 120 Å². The molecule has 2 heteroatoms. The highest BCUT2D eigenvalue weighted by atomic mass is 16.2. The van der Waals surface area contributed by atoms with Gasteiger partial charge in [-0.25, -0.2) is 0 Å². The van der Waals surface area contributed by atoms with Gasteiger partial charge in [-0.3, -0.25) is 4.79 Å². The zero-order valence-corrected chi connectivity index (χ0v) is 12.0. The molecule has 2 aromatic carbocycles. The number of benzene rings is 2. The third-order valence-corrected chi connectivity index (χ3v) is 4.09. The average molecular weight is 267 g/mol. The summed E-state index contributed by atoms with van der Waals surface area (Å²) >= 11 is 0. The van der Waals surface area contributed by atoms with Crippen LogP contribution in [0, 0.1) is 5.92 Å². The fraction of sp³-hybridized carbons (Fsp3) is 0.389. The largest absolute Gasteiger partial charge is 0.356 e. The van der Waals surface area contributed by atoms with Crippen LogP contribution in [0.15, 0.2) is 36.4 Å². The van der Waals surface area contributed by atoms with Crippen LogP contribution < -0.4 is 5.32 Å². The van der Waals surface area contributed by atoms with E-state index in [0.717, 1.165) is 32.2 Å². The average Bonchev–Trinajstić information content (AvgIpc) is 3.31. The van der Waals surface area contributed by atoms with Crippen molar-refractivity contribution in [2.24, 2.45) is 5.92 Å². The van der Waals surface area contributed by atoms with Crippen LogP contribution in [0.3, 0.4) is 0 Å². The maximum absolute atomic E-state index is 11.6. The predicted octanol–water partition coefficient (Wildman–Crippen LogP) is 3.47. The smallest absolute Gasteiger partial charge is 0.223 e. The first-order valence-electron chi connectivity index (χ1n) is 7.56. The molecule has 0 saturated heterocycles. The molecule has 2 aromatic rings. The van der Waals surface area contributed by atoms with Gasteiger partial charge in [0.1, 0.15) is 0 Å². The van der Waals surface area contributed by atoms with E-state index in [-0.39, 0.29) is 5.91 Å². The molecule has 20 heavy (non-hydrogen) atoms. The number of nitrogens with one attached hydrogen (secondary N) is 1. The van der Waals surface area contributed by atoms with Gasteiger partial charge in [0.15, 0.2) is 0 Å². The van der Waals surface area contributed by atoms with Gasteiger partial charge in [0, 0.05) is 12.5 Å². The van der Waals surface area contributed by atoms with E-state index >= 15 is 0 Å². The minimum Gasteiger partial charge on any atom is -0.356 e. The van der Waals surface area contributed by atoms with E-state index in [1.165, 1.54) is 21.9 Å². The van der Waals surface area contributed by atoms with Crippen molar-refractivity contribution in [1.82, 2.24) is 5.32 Å². The Balaban J connectivity index is 1.74. The maximum atomic E-state index is 11.6. The van der Waals surface area contributed by atoms with Crippen molar-refractivity contribution in [2.45, 2.75) is 32.6 Å². The lowest BCUT2D eigenvalue weighted by Crippen LogP contribution is -2.26. The van der Waals surface area contributed by atoms with Crippen LogP contribution in [0.25, 0.3) is 10.8 Å². The summed E-state index contributed by atoms with van der Waals surface area (Å²) in [6.07, 6.45) is 4.10. The van der Waals surface area contributed by atoms with Crippen LogP contribution in [0.4, 0.5) is 0 Å². The van der Waals surface area contributed by atoms with Crippen LogP contribution in [0.1, 0.15) is 30.9 Å². The lowest BCUT2D eigenvalue weighted by molar-refractivity contribution is -0.122. The first-order valence-corrected chi connectivity index (χ1v) is 7.56. The van der Waals surface area contributed by atoms with E-state index in [4.69, 9.17) is 0 Å². The molecular formula is C18H21NO. The molecule has 1 N–H and O–H groups in total. The summed E-state index contributed by atoms with van der Waals surface area (Å²) in [4.78, 5) is 11.6. The van der Waals surface area contributed by atoms with Gasteiger partial charge >= 0.3 is 0 Å². The standard InChI is InChI=1S/C18H21NO/c1-2-13-6-7-14-4-3-5-15(17(14)12-13)10-11-19-18(20)16-8-9-16/h3-7,12,16H,2,8-11H2,1H3,(H,19,20). The van der Waals surface area contributed by atoms with E-state index in [0.29, 0.717) is 5.92 Å². The predicted molar refractivity (Wildman–Crippen MR) is 82.8 cm³/mol. The Morgan fingerprint density at radius 1 is 1.25 bits per heavy atom. The molecule has 1 aliphatic carbocycles. The summed E-state index contributed by atoms with van der Waals surface area (Å²) in [6.45, 7) is 2.92. The number of hydrogen-bond acceptors (Lipinski definition) is 1. The molecule has 0 spiro atoms. The van der Waals surface area contributed by atoms with Crippen LogP contribution in [0.2, 0.25) is 0 Å². The molecule has 0 unspecified atom stereocenters. The lowest BCUT2D eigenvalue weighted by atomic mass is 9.99. The lowest BCUT2D eigenvalue weighted by Gasteiger charge is -2.09. The van der Waals surface area contributed by atoms with Crippen LogP contribution in [-0.2, 0) is 17.6 Å². The van der Waals surface area contributed by atoms with Crippen molar-refractivity contribution < 1.29 is 4.79 Å². The second-order valence-corrected chi connectivity index (χ2v) is 5.64. The molecule has 1 amide bonds. The number of carbonyl (C=O) groups excluding carboxylic acids is 1. The normalized spacial score (nSPS) is 14.4. The van der Waals surface area contributed by atoms with Gasteiger partial charge in [0.05, 0.1) is 0 Å². The molecule has 1 fully saturated rings. The van der Waals surface area contributed by atoms with Gasteiger partial charge < -0.3 is 5.32 Å². The summed E-state index contributed by atoms with van der Waals surface area (Å²) in [7, 11) is 0. The van der Waals surface area contributed by atoms with Crippen molar-refractivity contribution in [3.8, 4) is 0 Å². The first-order chi connectivity index (χ1) is 9.78. The molecule has 0 aliphatic heterocycles. The van der Waals surface area contributed by atoms with Crippen molar-refractivity contribution in [3.63, 3.8) is 0 Å². The Hall–Kier alpha value is -1.83. The molecule has 2 nitrogen and oxygen atoms in total. The number of aryl methyl sites for hydroxylation is 1. The zero-order valence-electron chi connectivity index (χ0n) is 12.0. The summed E-state index contributed by atoms with van der Waals surface area (Å²) in [6, 6.07) is 13.1. The molecule has 0 bridgehead atoms. The molecule has 1 saturated carbocycles. The maximum Gasteiger partial charge on any atom is 0.223 e. The fourth-order valence-electron chi connectivity index (χ4n) is 2.63. The fourth-order valence-corrected chi connectivity index (χ4v) is 2.63. The van der Waals surface area contributed by atoms with Crippen LogP contribution in [-0.4, -0.2) is 12.5 Å². The molecule has 104 valence electrons. The molecule has 0 atom stereocenters. The van der Waals surface area contributed by atoms with Gasteiger partial charge in [-0.15, -0.1) is 0 Å². The van der Waals surface area contributed by atoms with E-state index in [9.17, 15) is 4.79 Å². The van der Waals surface area contributed by atoms with E-state index in [1.807, 2.05) is 0 Å². The minimum atomic E-state index is 0.236. The summed E-state index contributed by atoms with van der Waals surface area (Å²) < 4.78 is 0. The number of hydrogen-bond donors (Lipinski definition) is 1. The topological polar surface area (TPSA) is 29.1 Å². The van der Waals surface area contributed by atoms with Crippen molar-refractivity contribution in [1.29, 1.82) is 0 Å². The third kappa shape index (κ3) is 2.84. The van der Waals surface area contributed by atoms with Gasteiger partial charge in [0.25, 0.3) is 0 Å². The number of fused-ring (bicyclic) bond motifs is 1. The zero-order chi connectivity index (χ0) is 13.9. The Morgan fingerprint density at radius 3 is 2.85 bits per heavy atom. The van der Waals surface area contributed by atoms with Gasteiger partial charge in [-0.05, 0) is 47.6 Å². The Kier molecular flexibility index (Phi) is 3.72. The van der Waals surface area contributed by atoms with E-state index < -0.39 is 0 Å². The molecule has 1 aliphatic rings. The molecule has 0 heterocycles. The monoisotopic (exact) mass is 267 g/mol. The van der Waals surface area contributed by atoms with Crippen molar-refractivity contribution >= 4 is 16.7 Å². The SMILES string of the molecule is CCc1ccc2cccc(CCNC(=O)C3CC3)c2c1. The highest BCUT2D eigenvalue weighted by Gasteiger charge is 2.28. The molecular weight excluding hydrogens is 246 g/mol. The third-order valence-electron chi connectivity index (χ3n) is 4.09. The first kappa shape index (κ1) is 13.2. The number of amides is 1. The molecule has 0 radical (unpaired) electrons. The second kappa shape index (κ2) is 5.66. The molecule has 3 rings (SSSR count). The van der Waals surface area contributed by atoms with Crippen LogP contribution >= 0.6 is 0 Å². The van der Waals surface area contributed by atoms with E-state index in [2.05, 4.69) is 48.6 Å². The number of carbonyl (C=O) groups is 1. The van der Waals surface area contributed by atoms with E-state index in [1.54, 1.807) is 0 Å². The minimum absolute atomic E-state index is 0.236. The Bertz CT molecular complexity index is 628. The quantitative estimate of drug-likeness (QED) is 0.883. The molecule has 0 aromatic heterocycles. The summed E-state index contributed by atoms with van der Waals surface area (Å²) in [5.74, 6) is 0.536. The summed E-state index contributed by atoms with van der Waals surface area (Å²) in [5, 5.41) is 5.66. The van der Waals surface area contributed by atoms with Gasteiger partial charge in [-0.1, -0.05) is 43.3 Å². The van der Waals surface area contributed by atoms with Crippen LogP contribution in [0.5, 0.6) is 0 Å². The van der Waals surface area contributed by atoms with Crippen molar-refractivity contribution in [3.05, 3.63) is 47.5 Å². The summed E-state index contributed by atoms with van der Waals surface area (Å²) in [5.41, 5.74) is 2.70. The van der Waals surface area contributed by atoms with Gasteiger partial charge in [0.2, 0.25) is 5.91 Å². The number of rotatable bonds is 5. The van der Waals surface area contributed by atoms with Crippen molar-refractivity contribution in [2.75, 3.05) is 6.54 Å². The second-order valence-electron chi connectivity index (χ2n) is 5.64.